The van der Waals surface area contributed by atoms with Gasteiger partial charge in [0.25, 0.3) is 5.91 Å². The predicted molar refractivity (Wildman–Crippen MR) is 156 cm³/mol. The van der Waals surface area contributed by atoms with Crippen LogP contribution in [0.2, 0.25) is 5.02 Å². The Morgan fingerprint density at radius 1 is 0.878 bits per heavy atom. The average molecular weight is 595 g/mol. The van der Waals surface area contributed by atoms with E-state index in [1.165, 1.54) is 49.7 Å². The Bertz CT molecular complexity index is 1630. The molecular weight excluding hydrogens is 568 g/mol. The Hall–Kier alpha value is -4.54. The summed E-state index contributed by atoms with van der Waals surface area (Å²) < 4.78 is 47.4. The first-order valence-corrected chi connectivity index (χ1v) is 14.2. The summed E-state index contributed by atoms with van der Waals surface area (Å²) in [5, 5.41) is 4.40. The number of benzene rings is 4. The van der Waals surface area contributed by atoms with E-state index in [4.69, 9.17) is 30.0 Å². The summed E-state index contributed by atoms with van der Waals surface area (Å²) in [4.78, 5) is 12.7. The lowest BCUT2D eigenvalue weighted by Gasteiger charge is -2.13. The van der Waals surface area contributed by atoms with Crippen molar-refractivity contribution < 1.29 is 31.6 Å². The summed E-state index contributed by atoms with van der Waals surface area (Å²) in [5.74, 6) is 0.641. The van der Waals surface area contributed by atoms with Crippen LogP contribution in [0, 0.1) is 0 Å². The molecule has 0 spiro atoms. The number of nitrogens with zero attached hydrogens (tertiary/aromatic N) is 1. The zero-order valence-electron chi connectivity index (χ0n) is 22.2. The van der Waals surface area contributed by atoms with Gasteiger partial charge in [0.1, 0.15) is 11.5 Å². The molecule has 0 saturated carbocycles. The van der Waals surface area contributed by atoms with Crippen molar-refractivity contribution in [2.45, 2.75) is 18.4 Å². The van der Waals surface area contributed by atoms with Gasteiger partial charge in [-0.25, -0.2) is 5.43 Å². The molecule has 0 aromatic heterocycles. The summed E-state index contributed by atoms with van der Waals surface area (Å²) in [6.07, 6.45) is 1.39. The van der Waals surface area contributed by atoms with Crippen molar-refractivity contribution in [2.24, 2.45) is 5.10 Å². The van der Waals surface area contributed by atoms with E-state index in [-0.39, 0.29) is 16.4 Å². The van der Waals surface area contributed by atoms with Gasteiger partial charge in [-0.05, 0) is 78.7 Å². The fraction of sp³-hybridized carbons (Fsp3) is 0.133. The zero-order valence-corrected chi connectivity index (χ0v) is 23.8. The van der Waals surface area contributed by atoms with E-state index in [2.05, 4.69) is 10.5 Å². The van der Waals surface area contributed by atoms with Crippen LogP contribution >= 0.6 is 11.6 Å². The molecule has 0 fully saturated rings. The minimum Gasteiger partial charge on any atom is -0.493 e. The fourth-order valence-corrected chi connectivity index (χ4v) is 4.67. The Labute approximate surface area is 243 Å². The van der Waals surface area contributed by atoms with Crippen molar-refractivity contribution in [3.63, 3.8) is 0 Å². The normalized spacial score (nSPS) is 11.2. The van der Waals surface area contributed by atoms with Crippen LogP contribution in [0.25, 0.3) is 0 Å². The third-order valence-corrected chi connectivity index (χ3v) is 7.11. The molecule has 0 saturated heterocycles. The number of hydrazone groups is 1. The first-order chi connectivity index (χ1) is 19.8. The van der Waals surface area contributed by atoms with E-state index < -0.39 is 16.0 Å². The van der Waals surface area contributed by atoms with Gasteiger partial charge in [-0.15, -0.1) is 0 Å². The maximum Gasteiger partial charge on any atom is 0.339 e. The van der Waals surface area contributed by atoms with Gasteiger partial charge < -0.3 is 18.4 Å². The van der Waals surface area contributed by atoms with Crippen molar-refractivity contribution in [2.75, 3.05) is 13.7 Å². The molecule has 0 bridgehead atoms. The molecule has 0 heterocycles. The molecule has 1 N–H and O–H groups in total. The highest BCUT2D eigenvalue weighted by atomic mass is 35.5. The van der Waals surface area contributed by atoms with Crippen molar-refractivity contribution in [3.05, 3.63) is 113 Å². The van der Waals surface area contributed by atoms with Gasteiger partial charge in [0.05, 0.1) is 19.9 Å². The molecule has 0 unspecified atom stereocenters. The average Bonchev–Trinajstić information content (AvgIpc) is 2.98. The second-order valence-electron chi connectivity index (χ2n) is 8.47. The Morgan fingerprint density at radius 3 is 2.32 bits per heavy atom. The smallest absolute Gasteiger partial charge is 0.339 e. The van der Waals surface area contributed by atoms with Crippen molar-refractivity contribution in [3.8, 4) is 23.0 Å². The summed E-state index contributed by atoms with van der Waals surface area (Å²) in [7, 11) is -2.73. The zero-order chi connectivity index (χ0) is 29.2. The van der Waals surface area contributed by atoms with Crippen LogP contribution in [-0.4, -0.2) is 34.3 Å². The van der Waals surface area contributed by atoms with E-state index in [9.17, 15) is 13.2 Å². The fourth-order valence-electron chi connectivity index (χ4n) is 3.60. The van der Waals surface area contributed by atoms with E-state index in [0.717, 1.165) is 5.56 Å². The van der Waals surface area contributed by atoms with Gasteiger partial charge in [0.15, 0.2) is 23.0 Å². The quantitative estimate of drug-likeness (QED) is 0.124. The third-order valence-electron chi connectivity index (χ3n) is 5.61. The summed E-state index contributed by atoms with van der Waals surface area (Å²) in [6, 6.07) is 24.7. The third kappa shape index (κ3) is 8.00. The standard InChI is InChI=1S/C30H27ClN2O7S/c1-3-38-29-18-23(10-16-26(29)39-20-21-7-5-4-6-8-21)30(34)33-32-19-22-9-15-27(28(17-22)37-2)40-41(35,36)25-13-11-24(31)12-14-25/h4-19H,3,20H2,1-2H3,(H,33,34)/b32-19+. The SMILES string of the molecule is CCOc1cc(C(=O)N/N=C/c2ccc(OS(=O)(=O)c3ccc(Cl)cc3)c(OC)c2)ccc1OCc1ccccc1. The van der Waals surface area contributed by atoms with E-state index >= 15 is 0 Å². The summed E-state index contributed by atoms with van der Waals surface area (Å²) in [6.45, 7) is 2.60. The summed E-state index contributed by atoms with van der Waals surface area (Å²) >= 11 is 5.83. The number of ether oxygens (including phenoxy) is 3. The maximum atomic E-state index is 12.7. The Morgan fingerprint density at radius 2 is 1.61 bits per heavy atom. The molecule has 212 valence electrons. The number of nitrogens with one attached hydrogen (secondary N) is 1. The van der Waals surface area contributed by atoms with E-state index in [1.54, 1.807) is 24.3 Å². The summed E-state index contributed by atoms with van der Waals surface area (Å²) in [5.41, 5.74) is 4.32. The highest BCUT2D eigenvalue weighted by Gasteiger charge is 2.19. The number of carbonyl (C=O) groups is 1. The van der Waals surface area contributed by atoms with E-state index in [0.29, 0.717) is 40.9 Å². The number of methoxy groups -OCH3 is 1. The van der Waals surface area contributed by atoms with Crippen LogP contribution in [0.3, 0.4) is 0 Å². The lowest BCUT2D eigenvalue weighted by Crippen LogP contribution is -2.17. The molecule has 0 aliphatic carbocycles. The lowest BCUT2D eigenvalue weighted by atomic mass is 10.2. The maximum absolute atomic E-state index is 12.7. The molecule has 9 nitrogen and oxygen atoms in total. The minimum atomic E-state index is -4.11. The minimum absolute atomic E-state index is 0.0123. The molecular formula is C30H27ClN2O7S. The molecule has 4 aromatic rings. The number of hydrogen-bond acceptors (Lipinski definition) is 8. The van der Waals surface area contributed by atoms with Gasteiger partial charge in [0, 0.05) is 10.6 Å². The highest BCUT2D eigenvalue weighted by molar-refractivity contribution is 7.87. The Balaban J connectivity index is 1.41. The highest BCUT2D eigenvalue weighted by Crippen LogP contribution is 2.31. The molecule has 0 atom stereocenters. The van der Waals surface area contributed by atoms with Crippen LogP contribution in [0.4, 0.5) is 0 Å². The van der Waals surface area contributed by atoms with Crippen LogP contribution in [0.5, 0.6) is 23.0 Å². The van der Waals surface area contributed by atoms with Gasteiger partial charge in [-0.1, -0.05) is 41.9 Å². The molecule has 4 aromatic carbocycles. The van der Waals surface area contributed by atoms with Gasteiger partial charge in [-0.2, -0.15) is 13.5 Å². The van der Waals surface area contributed by atoms with Crippen molar-refractivity contribution in [1.82, 2.24) is 5.43 Å². The topological polar surface area (TPSA) is 113 Å². The van der Waals surface area contributed by atoms with Crippen LogP contribution in [0.15, 0.2) is 101 Å². The molecule has 4 rings (SSSR count). The van der Waals surface area contributed by atoms with Gasteiger partial charge >= 0.3 is 10.1 Å². The lowest BCUT2D eigenvalue weighted by molar-refractivity contribution is 0.0954. The van der Waals surface area contributed by atoms with Crippen molar-refractivity contribution in [1.29, 1.82) is 0 Å². The Kier molecular flexibility index (Phi) is 9.83. The van der Waals surface area contributed by atoms with Crippen LogP contribution in [0.1, 0.15) is 28.4 Å². The molecule has 1 amide bonds. The monoisotopic (exact) mass is 594 g/mol. The van der Waals surface area contributed by atoms with Gasteiger partial charge in [0.2, 0.25) is 0 Å². The second kappa shape index (κ2) is 13.7. The largest absolute Gasteiger partial charge is 0.493 e. The number of carbonyl (C=O) groups excluding carboxylic acids is 1. The molecule has 0 aliphatic rings. The predicted octanol–water partition coefficient (Wildman–Crippen LogP) is 5.86. The van der Waals surface area contributed by atoms with Crippen LogP contribution < -0.4 is 23.8 Å². The molecule has 0 radical (unpaired) electrons. The second-order valence-corrected chi connectivity index (χ2v) is 10.5. The van der Waals surface area contributed by atoms with Crippen LogP contribution in [-0.2, 0) is 16.7 Å². The first-order valence-electron chi connectivity index (χ1n) is 12.4. The number of hydrogen-bond donors (Lipinski definition) is 1. The van der Waals surface area contributed by atoms with E-state index in [1.807, 2.05) is 37.3 Å². The van der Waals surface area contributed by atoms with Gasteiger partial charge in [-0.3, -0.25) is 4.79 Å². The number of halogens is 1. The molecule has 11 heteroatoms. The van der Waals surface area contributed by atoms with Crippen molar-refractivity contribution >= 4 is 33.8 Å². The molecule has 0 aliphatic heterocycles. The number of rotatable bonds is 12. The first kappa shape index (κ1) is 29.4. The molecule has 41 heavy (non-hydrogen) atoms. The number of amides is 1.